The van der Waals surface area contributed by atoms with Crippen LogP contribution >= 0.6 is 0 Å². The maximum absolute atomic E-state index is 13.9. The van der Waals surface area contributed by atoms with Gasteiger partial charge >= 0.3 is 0 Å². The first-order valence-electron chi connectivity index (χ1n) is 8.65. The molecule has 0 aliphatic carbocycles. The van der Waals surface area contributed by atoms with Crippen molar-refractivity contribution in [1.82, 2.24) is 24.5 Å². The van der Waals surface area contributed by atoms with Crippen molar-refractivity contribution in [1.29, 1.82) is 0 Å². The summed E-state index contributed by atoms with van der Waals surface area (Å²) in [6.45, 7) is 1.82. The van der Waals surface area contributed by atoms with Crippen molar-refractivity contribution in [3.8, 4) is 16.9 Å². The summed E-state index contributed by atoms with van der Waals surface area (Å²) in [4.78, 5) is 16.7. The fourth-order valence-corrected chi connectivity index (χ4v) is 2.86. The van der Waals surface area contributed by atoms with E-state index in [0.717, 1.165) is 5.69 Å². The molecule has 1 amide bonds. The monoisotopic (exact) mass is 376 g/mol. The van der Waals surface area contributed by atoms with Gasteiger partial charge in [0.1, 0.15) is 18.2 Å². The Hall–Kier alpha value is -3.81. The Morgan fingerprint density at radius 1 is 1.18 bits per heavy atom. The molecule has 0 bridgehead atoms. The molecule has 0 atom stereocenters. The van der Waals surface area contributed by atoms with Gasteiger partial charge in [-0.15, -0.1) is 0 Å². The molecule has 140 valence electrons. The van der Waals surface area contributed by atoms with Crippen LogP contribution in [0.5, 0.6) is 0 Å². The first kappa shape index (κ1) is 17.6. The van der Waals surface area contributed by atoms with E-state index in [4.69, 9.17) is 0 Å². The lowest BCUT2D eigenvalue weighted by Gasteiger charge is -2.08. The number of hydrogen-bond acceptors (Lipinski definition) is 4. The van der Waals surface area contributed by atoms with E-state index in [1.807, 2.05) is 19.1 Å². The van der Waals surface area contributed by atoms with Crippen molar-refractivity contribution in [3.63, 3.8) is 0 Å². The fourth-order valence-electron chi connectivity index (χ4n) is 2.86. The van der Waals surface area contributed by atoms with Crippen LogP contribution in [0, 0.1) is 12.7 Å². The van der Waals surface area contributed by atoms with Gasteiger partial charge in [-0.1, -0.05) is 24.3 Å². The predicted molar refractivity (Wildman–Crippen MR) is 102 cm³/mol. The summed E-state index contributed by atoms with van der Waals surface area (Å²) in [5, 5.41) is 11.4. The van der Waals surface area contributed by atoms with E-state index in [1.165, 1.54) is 16.9 Å². The molecule has 0 unspecified atom stereocenters. The van der Waals surface area contributed by atoms with Gasteiger partial charge < -0.3 is 5.32 Å². The third-order valence-electron chi connectivity index (χ3n) is 4.09. The number of aryl methyl sites for hydroxylation is 1. The summed E-state index contributed by atoms with van der Waals surface area (Å²) in [6, 6.07) is 13.7. The van der Waals surface area contributed by atoms with E-state index in [1.54, 1.807) is 47.4 Å². The highest BCUT2D eigenvalue weighted by Gasteiger charge is 2.13. The smallest absolute Gasteiger partial charge is 0.247 e. The van der Waals surface area contributed by atoms with Crippen molar-refractivity contribution < 1.29 is 9.18 Å². The summed E-state index contributed by atoms with van der Waals surface area (Å²) in [7, 11) is 0. The number of anilines is 1. The van der Waals surface area contributed by atoms with Crippen LogP contribution < -0.4 is 5.32 Å². The van der Waals surface area contributed by atoms with Crippen molar-refractivity contribution in [2.45, 2.75) is 13.5 Å². The molecule has 7 nitrogen and oxygen atoms in total. The van der Waals surface area contributed by atoms with Gasteiger partial charge in [-0.25, -0.2) is 9.37 Å². The Bertz CT molecular complexity index is 1120. The number of halogens is 1. The zero-order valence-electron chi connectivity index (χ0n) is 15.1. The average molecular weight is 376 g/mol. The van der Waals surface area contributed by atoms with Gasteiger partial charge in [0.2, 0.25) is 5.91 Å². The third-order valence-corrected chi connectivity index (χ3v) is 4.09. The Morgan fingerprint density at radius 3 is 2.79 bits per heavy atom. The Balaban J connectivity index is 1.50. The second kappa shape index (κ2) is 7.43. The zero-order chi connectivity index (χ0) is 19.5. The molecule has 28 heavy (non-hydrogen) atoms. The normalized spacial score (nSPS) is 10.8. The standard InChI is InChI=1S/C20H17FN6O/c1-14-10-19(27(25-14)18-8-4-5-9-22-18)24-20(28)13-26-12-15(11-23-26)16-6-2-3-7-17(16)21/h2-12H,13H2,1H3,(H,24,28). The van der Waals surface area contributed by atoms with Crippen LogP contribution in [0.15, 0.2) is 67.1 Å². The number of rotatable bonds is 5. The Morgan fingerprint density at radius 2 is 2.00 bits per heavy atom. The lowest BCUT2D eigenvalue weighted by Crippen LogP contribution is -2.21. The van der Waals surface area contributed by atoms with Crippen LogP contribution in [0.1, 0.15) is 5.69 Å². The first-order chi connectivity index (χ1) is 13.6. The molecule has 8 heteroatoms. The minimum Gasteiger partial charge on any atom is -0.309 e. The van der Waals surface area contributed by atoms with Crippen LogP contribution in [0.25, 0.3) is 16.9 Å². The molecular weight excluding hydrogens is 359 g/mol. The van der Waals surface area contributed by atoms with Gasteiger partial charge in [-0.05, 0) is 25.1 Å². The highest BCUT2D eigenvalue weighted by Crippen LogP contribution is 2.21. The number of benzene rings is 1. The van der Waals surface area contributed by atoms with E-state index in [9.17, 15) is 9.18 Å². The van der Waals surface area contributed by atoms with E-state index >= 15 is 0 Å². The molecule has 0 saturated heterocycles. The molecule has 4 aromatic rings. The molecule has 0 spiro atoms. The summed E-state index contributed by atoms with van der Waals surface area (Å²) in [5.41, 5.74) is 1.81. The number of aromatic nitrogens is 5. The molecule has 1 aromatic carbocycles. The zero-order valence-corrected chi connectivity index (χ0v) is 15.1. The minimum atomic E-state index is -0.332. The second-order valence-corrected chi connectivity index (χ2v) is 6.23. The number of nitrogens with one attached hydrogen (secondary N) is 1. The molecule has 0 fully saturated rings. The van der Waals surface area contributed by atoms with Gasteiger partial charge in [0.15, 0.2) is 5.82 Å². The molecule has 4 rings (SSSR count). The van der Waals surface area contributed by atoms with Crippen molar-refractivity contribution in [2.75, 3.05) is 5.32 Å². The van der Waals surface area contributed by atoms with Crippen LogP contribution in [0.3, 0.4) is 0 Å². The summed E-state index contributed by atoms with van der Waals surface area (Å²) in [6.07, 6.45) is 4.83. The molecule has 1 N–H and O–H groups in total. The molecule has 0 aliphatic heterocycles. The maximum Gasteiger partial charge on any atom is 0.247 e. The van der Waals surface area contributed by atoms with Crippen LogP contribution in [0.4, 0.5) is 10.2 Å². The molecule has 3 heterocycles. The first-order valence-corrected chi connectivity index (χ1v) is 8.65. The minimum absolute atomic E-state index is 0.0130. The summed E-state index contributed by atoms with van der Waals surface area (Å²) < 4.78 is 16.9. The van der Waals surface area contributed by atoms with E-state index < -0.39 is 0 Å². The Labute approximate surface area is 160 Å². The average Bonchev–Trinajstić information content (AvgIpc) is 3.29. The highest BCUT2D eigenvalue weighted by atomic mass is 19.1. The van der Waals surface area contributed by atoms with Crippen LogP contribution in [-0.2, 0) is 11.3 Å². The highest BCUT2D eigenvalue weighted by molar-refractivity contribution is 5.90. The number of carbonyl (C=O) groups excluding carboxylic acids is 1. The number of carbonyl (C=O) groups is 1. The largest absolute Gasteiger partial charge is 0.309 e. The van der Waals surface area contributed by atoms with Gasteiger partial charge in [0.25, 0.3) is 0 Å². The molecule has 3 aromatic heterocycles. The number of amides is 1. The molecule has 0 aliphatic rings. The van der Waals surface area contributed by atoms with Gasteiger partial charge in [0.05, 0.1) is 11.9 Å². The van der Waals surface area contributed by atoms with E-state index in [-0.39, 0.29) is 18.3 Å². The molecule has 0 radical (unpaired) electrons. The van der Waals surface area contributed by atoms with Crippen LogP contribution in [-0.4, -0.2) is 30.5 Å². The third kappa shape index (κ3) is 3.66. The van der Waals surface area contributed by atoms with Gasteiger partial charge in [-0.3, -0.25) is 9.48 Å². The predicted octanol–water partition coefficient (Wildman–Crippen LogP) is 3.22. The molecular formula is C20H17FN6O. The Kier molecular flexibility index (Phi) is 4.67. The lowest BCUT2D eigenvalue weighted by atomic mass is 10.1. The van der Waals surface area contributed by atoms with Crippen molar-refractivity contribution in [2.24, 2.45) is 0 Å². The van der Waals surface area contributed by atoms with E-state index in [2.05, 4.69) is 20.5 Å². The van der Waals surface area contributed by atoms with Crippen LogP contribution in [0.2, 0.25) is 0 Å². The molecule has 0 saturated carbocycles. The van der Waals surface area contributed by atoms with Gasteiger partial charge in [-0.2, -0.15) is 14.9 Å². The maximum atomic E-state index is 13.9. The number of hydrogen-bond donors (Lipinski definition) is 1. The summed E-state index contributed by atoms with van der Waals surface area (Å²) >= 11 is 0. The SMILES string of the molecule is Cc1cc(NC(=O)Cn2cc(-c3ccccc3F)cn2)n(-c2ccccn2)n1. The summed E-state index contributed by atoms with van der Waals surface area (Å²) in [5.74, 6) is 0.510. The topological polar surface area (TPSA) is 77.6 Å². The van der Waals surface area contributed by atoms with E-state index in [0.29, 0.717) is 22.8 Å². The van der Waals surface area contributed by atoms with Crippen molar-refractivity contribution in [3.05, 3.63) is 78.6 Å². The second-order valence-electron chi connectivity index (χ2n) is 6.23. The fraction of sp³-hybridized carbons (Fsp3) is 0.100. The number of nitrogens with zero attached hydrogens (tertiary/aromatic N) is 5. The lowest BCUT2D eigenvalue weighted by molar-refractivity contribution is -0.116. The van der Waals surface area contributed by atoms with Crippen molar-refractivity contribution >= 4 is 11.7 Å². The van der Waals surface area contributed by atoms with Gasteiger partial charge in [0, 0.05) is 29.6 Å². The number of pyridine rings is 1. The quantitative estimate of drug-likeness (QED) is 0.580.